The van der Waals surface area contributed by atoms with Crippen LogP contribution in [0.3, 0.4) is 0 Å². The highest BCUT2D eigenvalue weighted by atomic mass is 35.5. The third kappa shape index (κ3) is 4.67. The van der Waals surface area contributed by atoms with Gasteiger partial charge >= 0.3 is 0 Å². The fourth-order valence-corrected chi connectivity index (χ4v) is 3.41. The number of aromatic nitrogens is 4. The zero-order valence-electron chi connectivity index (χ0n) is 15.3. The first-order valence-corrected chi connectivity index (χ1v) is 9.82. The highest BCUT2D eigenvalue weighted by molar-refractivity contribution is 8.00. The average Bonchev–Trinajstić information content (AvgIpc) is 3.11. The van der Waals surface area contributed by atoms with Crippen molar-refractivity contribution in [1.82, 2.24) is 20.2 Å². The number of hydrogen-bond acceptors (Lipinski definition) is 5. The van der Waals surface area contributed by atoms with E-state index in [0.29, 0.717) is 21.8 Å². The Labute approximate surface area is 167 Å². The zero-order chi connectivity index (χ0) is 19.4. The lowest BCUT2D eigenvalue weighted by Crippen LogP contribution is -2.23. The Kier molecular flexibility index (Phi) is 6.13. The quantitative estimate of drug-likeness (QED) is 0.613. The van der Waals surface area contributed by atoms with Crippen LogP contribution >= 0.6 is 23.4 Å². The molecule has 2 aromatic carbocycles. The first-order chi connectivity index (χ1) is 13.0. The van der Waals surface area contributed by atoms with E-state index < -0.39 is 5.25 Å². The molecule has 0 radical (unpaired) electrons. The Bertz CT molecular complexity index is 926. The molecule has 1 N–H and O–H groups in total. The second-order valence-corrected chi connectivity index (χ2v) is 8.06. The topological polar surface area (TPSA) is 72.7 Å². The summed E-state index contributed by atoms with van der Waals surface area (Å²) in [5.74, 6) is 0.285. The number of benzene rings is 2. The summed E-state index contributed by atoms with van der Waals surface area (Å²) in [5, 5.41) is 15.3. The molecule has 0 aliphatic carbocycles. The number of anilines is 1. The van der Waals surface area contributed by atoms with Gasteiger partial charge in [0.15, 0.2) is 0 Å². The predicted octanol–water partition coefficient (Wildman–Crippen LogP) is 4.56. The first kappa shape index (κ1) is 19.4. The van der Waals surface area contributed by atoms with Gasteiger partial charge in [0, 0.05) is 0 Å². The molecule has 140 valence electrons. The Hall–Kier alpha value is -2.38. The van der Waals surface area contributed by atoms with Crippen molar-refractivity contribution in [3.05, 3.63) is 59.1 Å². The molecule has 1 amide bonds. The molecular formula is C19H20ClN5OS. The number of amides is 1. The van der Waals surface area contributed by atoms with E-state index >= 15 is 0 Å². The van der Waals surface area contributed by atoms with Gasteiger partial charge in [0.25, 0.3) is 0 Å². The largest absolute Gasteiger partial charge is 0.324 e. The molecule has 3 aromatic rings. The van der Waals surface area contributed by atoms with Crippen LogP contribution in [0.15, 0.2) is 53.7 Å². The SMILES string of the molecule is CC(Sc1nnnn1-c1ccc(C(C)C)cc1)C(=O)Nc1ccccc1Cl. The Morgan fingerprint density at radius 3 is 2.48 bits per heavy atom. The minimum absolute atomic E-state index is 0.169. The smallest absolute Gasteiger partial charge is 0.237 e. The van der Waals surface area contributed by atoms with Crippen LogP contribution in [-0.2, 0) is 4.79 Å². The molecule has 1 atom stereocenters. The summed E-state index contributed by atoms with van der Waals surface area (Å²) in [6, 6.07) is 15.2. The van der Waals surface area contributed by atoms with Crippen LogP contribution < -0.4 is 5.32 Å². The minimum atomic E-state index is -0.402. The number of nitrogens with zero attached hydrogens (tertiary/aromatic N) is 4. The summed E-state index contributed by atoms with van der Waals surface area (Å²) < 4.78 is 1.63. The molecule has 8 heteroatoms. The third-order valence-corrected chi connectivity index (χ3v) is 5.39. The molecule has 0 fully saturated rings. The van der Waals surface area contributed by atoms with E-state index in [9.17, 15) is 4.79 Å². The predicted molar refractivity (Wildman–Crippen MR) is 109 cm³/mol. The second kappa shape index (κ2) is 8.54. The molecule has 0 saturated heterocycles. The maximum Gasteiger partial charge on any atom is 0.237 e. The van der Waals surface area contributed by atoms with Crippen LogP contribution in [0.2, 0.25) is 5.02 Å². The monoisotopic (exact) mass is 401 g/mol. The van der Waals surface area contributed by atoms with Gasteiger partial charge in [0.05, 0.1) is 21.6 Å². The summed E-state index contributed by atoms with van der Waals surface area (Å²) in [6.45, 7) is 6.09. The number of rotatable bonds is 6. The van der Waals surface area contributed by atoms with Crippen LogP contribution in [0.25, 0.3) is 5.69 Å². The van der Waals surface area contributed by atoms with E-state index in [0.717, 1.165) is 5.69 Å². The lowest BCUT2D eigenvalue weighted by Gasteiger charge is -2.13. The van der Waals surface area contributed by atoms with E-state index in [2.05, 4.69) is 46.8 Å². The van der Waals surface area contributed by atoms with Gasteiger partial charge in [-0.3, -0.25) is 4.79 Å². The number of para-hydroxylation sites is 1. The Morgan fingerprint density at radius 1 is 1.11 bits per heavy atom. The summed E-state index contributed by atoms with van der Waals surface area (Å²) in [7, 11) is 0. The van der Waals surface area contributed by atoms with Crippen LogP contribution in [0.1, 0.15) is 32.3 Å². The summed E-state index contributed by atoms with van der Waals surface area (Å²) in [4.78, 5) is 12.5. The normalized spacial score (nSPS) is 12.2. The van der Waals surface area contributed by atoms with Crippen LogP contribution in [0, 0.1) is 0 Å². The number of carbonyl (C=O) groups excluding carboxylic acids is 1. The maximum absolute atomic E-state index is 12.5. The molecule has 0 bridgehead atoms. The Balaban J connectivity index is 1.72. The van der Waals surface area contributed by atoms with Crippen LogP contribution in [0.4, 0.5) is 5.69 Å². The molecule has 1 aromatic heterocycles. The molecule has 6 nitrogen and oxygen atoms in total. The molecular weight excluding hydrogens is 382 g/mol. The fraction of sp³-hybridized carbons (Fsp3) is 0.263. The Morgan fingerprint density at radius 2 is 1.81 bits per heavy atom. The van der Waals surface area contributed by atoms with Gasteiger partial charge in [-0.05, 0) is 53.1 Å². The molecule has 1 unspecified atom stereocenters. The summed E-state index contributed by atoms with van der Waals surface area (Å²) in [5.41, 5.74) is 2.68. The third-order valence-electron chi connectivity index (χ3n) is 4.03. The molecule has 0 spiro atoms. The highest BCUT2D eigenvalue weighted by Gasteiger charge is 2.20. The number of carbonyl (C=O) groups is 1. The summed E-state index contributed by atoms with van der Waals surface area (Å²) in [6.07, 6.45) is 0. The molecule has 0 aliphatic rings. The van der Waals surface area contributed by atoms with Gasteiger partial charge in [-0.25, -0.2) is 0 Å². The van der Waals surface area contributed by atoms with Gasteiger partial charge in [-0.2, -0.15) is 4.68 Å². The molecule has 27 heavy (non-hydrogen) atoms. The van der Waals surface area contributed by atoms with Crippen molar-refractivity contribution >= 4 is 35.0 Å². The van der Waals surface area contributed by atoms with Crippen molar-refractivity contribution in [2.75, 3.05) is 5.32 Å². The second-order valence-electron chi connectivity index (χ2n) is 6.35. The minimum Gasteiger partial charge on any atom is -0.324 e. The maximum atomic E-state index is 12.5. The summed E-state index contributed by atoms with van der Waals surface area (Å²) >= 11 is 7.39. The van der Waals surface area contributed by atoms with Gasteiger partial charge < -0.3 is 5.32 Å². The van der Waals surface area contributed by atoms with Gasteiger partial charge in [-0.15, -0.1) is 5.10 Å². The average molecular weight is 402 g/mol. The van der Waals surface area contributed by atoms with Gasteiger partial charge in [0.1, 0.15) is 0 Å². The van der Waals surface area contributed by atoms with Gasteiger partial charge in [-0.1, -0.05) is 61.5 Å². The number of thioether (sulfide) groups is 1. The van der Waals surface area contributed by atoms with Crippen molar-refractivity contribution in [2.24, 2.45) is 0 Å². The van der Waals surface area contributed by atoms with E-state index in [1.807, 2.05) is 24.3 Å². The van der Waals surface area contributed by atoms with Crippen molar-refractivity contribution in [3.63, 3.8) is 0 Å². The number of tetrazole rings is 1. The van der Waals surface area contributed by atoms with Gasteiger partial charge in [0.2, 0.25) is 11.1 Å². The molecule has 1 heterocycles. The van der Waals surface area contributed by atoms with E-state index in [1.165, 1.54) is 17.3 Å². The molecule has 0 saturated carbocycles. The van der Waals surface area contributed by atoms with Crippen molar-refractivity contribution in [3.8, 4) is 5.69 Å². The highest BCUT2D eigenvalue weighted by Crippen LogP contribution is 2.26. The number of hydrogen-bond donors (Lipinski definition) is 1. The first-order valence-electron chi connectivity index (χ1n) is 8.56. The van der Waals surface area contributed by atoms with Crippen molar-refractivity contribution in [1.29, 1.82) is 0 Å². The van der Waals surface area contributed by atoms with E-state index in [1.54, 1.807) is 23.7 Å². The molecule has 3 rings (SSSR count). The zero-order valence-corrected chi connectivity index (χ0v) is 16.8. The fourth-order valence-electron chi connectivity index (χ4n) is 2.42. The van der Waals surface area contributed by atoms with Crippen molar-refractivity contribution in [2.45, 2.75) is 37.1 Å². The van der Waals surface area contributed by atoms with Crippen molar-refractivity contribution < 1.29 is 4.79 Å². The number of halogens is 1. The lowest BCUT2D eigenvalue weighted by atomic mass is 10.0. The lowest BCUT2D eigenvalue weighted by molar-refractivity contribution is -0.115. The number of nitrogens with one attached hydrogen (secondary N) is 1. The molecule has 0 aliphatic heterocycles. The van der Waals surface area contributed by atoms with Crippen LogP contribution in [-0.4, -0.2) is 31.4 Å². The van der Waals surface area contributed by atoms with E-state index in [4.69, 9.17) is 11.6 Å². The standard InChI is InChI=1S/C19H20ClN5OS/c1-12(2)14-8-10-15(11-9-14)25-19(22-23-24-25)27-13(3)18(26)21-17-7-5-4-6-16(17)20/h4-13H,1-3H3,(H,21,26). The van der Waals surface area contributed by atoms with Crippen LogP contribution in [0.5, 0.6) is 0 Å². The van der Waals surface area contributed by atoms with E-state index in [-0.39, 0.29) is 5.91 Å².